The van der Waals surface area contributed by atoms with Crippen LogP contribution in [0.5, 0.6) is 0 Å². The van der Waals surface area contributed by atoms with Crippen molar-refractivity contribution in [2.45, 2.75) is 20.8 Å². The Kier molecular flexibility index (Phi) is 5.45. The first-order valence-electron chi connectivity index (χ1n) is 8.20. The summed E-state index contributed by atoms with van der Waals surface area (Å²) in [5.74, 6) is 0.311. The van der Waals surface area contributed by atoms with Gasteiger partial charge in [0.15, 0.2) is 5.76 Å². The highest BCUT2D eigenvalue weighted by molar-refractivity contribution is 6.08. The fourth-order valence-electron chi connectivity index (χ4n) is 3.10. The lowest BCUT2D eigenvalue weighted by molar-refractivity contribution is 0.0710. The average Bonchev–Trinajstić information content (AvgIpc) is 2.91. The minimum absolute atomic E-state index is 0. The number of hydrogen-bond donors (Lipinski definition) is 1. The molecule has 0 fully saturated rings. The molecule has 134 valence electrons. The van der Waals surface area contributed by atoms with Crippen molar-refractivity contribution in [3.8, 4) is 0 Å². The number of aryl methyl sites for hydroxylation is 1. The summed E-state index contributed by atoms with van der Waals surface area (Å²) < 4.78 is 6.02. The van der Waals surface area contributed by atoms with Crippen LogP contribution in [0.4, 0.5) is 0 Å². The van der Waals surface area contributed by atoms with E-state index in [4.69, 9.17) is 10.2 Å². The zero-order chi connectivity index (χ0) is 17.5. The van der Waals surface area contributed by atoms with E-state index in [1.807, 2.05) is 37.3 Å². The van der Waals surface area contributed by atoms with Gasteiger partial charge in [-0.15, -0.1) is 12.4 Å². The molecule has 0 saturated carbocycles. The van der Waals surface area contributed by atoms with Gasteiger partial charge in [-0.3, -0.25) is 4.79 Å². The molecule has 2 N–H and O–H groups in total. The number of amides is 1. The molecule has 0 aliphatic heterocycles. The Balaban J connectivity index is 0.00000225. The van der Waals surface area contributed by atoms with Crippen molar-refractivity contribution in [1.29, 1.82) is 0 Å². The predicted octanol–water partition coefficient (Wildman–Crippen LogP) is 4.37. The first-order chi connectivity index (χ1) is 11.3. The zero-order valence-corrected chi connectivity index (χ0v) is 15.9. The third kappa shape index (κ3) is 3.51. The van der Waals surface area contributed by atoms with Crippen molar-refractivity contribution in [3.05, 3.63) is 47.7 Å². The number of carbonyl (C=O) groups excluding carboxylic acids is 1. The Morgan fingerprint density at radius 1 is 1.16 bits per heavy atom. The first kappa shape index (κ1) is 19.3. The molecule has 25 heavy (non-hydrogen) atoms. The summed E-state index contributed by atoms with van der Waals surface area (Å²) in [4.78, 5) is 14.6. The number of rotatable bonds is 4. The molecule has 5 heteroatoms. The van der Waals surface area contributed by atoms with Crippen LogP contribution < -0.4 is 5.73 Å². The summed E-state index contributed by atoms with van der Waals surface area (Å²) in [7, 11) is 1.80. The monoisotopic (exact) mass is 360 g/mol. The van der Waals surface area contributed by atoms with Crippen LogP contribution in [0, 0.1) is 12.3 Å². The van der Waals surface area contributed by atoms with E-state index in [1.165, 1.54) is 0 Å². The summed E-state index contributed by atoms with van der Waals surface area (Å²) in [6.07, 6.45) is 0. The van der Waals surface area contributed by atoms with Gasteiger partial charge in [0.25, 0.3) is 5.91 Å². The highest BCUT2D eigenvalue weighted by atomic mass is 35.5. The van der Waals surface area contributed by atoms with Gasteiger partial charge in [-0.2, -0.15) is 0 Å². The van der Waals surface area contributed by atoms with Crippen LogP contribution >= 0.6 is 12.4 Å². The topological polar surface area (TPSA) is 59.5 Å². The zero-order valence-electron chi connectivity index (χ0n) is 15.1. The maximum Gasteiger partial charge on any atom is 0.289 e. The number of carbonyl (C=O) groups is 1. The molecular weight excluding hydrogens is 336 g/mol. The molecule has 1 amide bonds. The van der Waals surface area contributed by atoms with Crippen LogP contribution in [-0.2, 0) is 0 Å². The third-order valence-electron chi connectivity index (χ3n) is 4.59. The predicted molar refractivity (Wildman–Crippen MR) is 106 cm³/mol. The Hall–Kier alpha value is -2.04. The molecule has 0 atom stereocenters. The van der Waals surface area contributed by atoms with Crippen LogP contribution in [0.1, 0.15) is 30.0 Å². The second kappa shape index (κ2) is 7.06. The van der Waals surface area contributed by atoms with Crippen molar-refractivity contribution < 1.29 is 9.21 Å². The second-order valence-electron chi connectivity index (χ2n) is 7.25. The minimum Gasteiger partial charge on any atom is -0.450 e. The summed E-state index contributed by atoms with van der Waals surface area (Å²) in [5.41, 5.74) is 7.32. The van der Waals surface area contributed by atoms with Gasteiger partial charge in [0.1, 0.15) is 5.58 Å². The maximum atomic E-state index is 12.9. The Labute approximate surface area is 154 Å². The van der Waals surface area contributed by atoms with Gasteiger partial charge in [-0.05, 0) is 24.3 Å². The lowest BCUT2D eigenvalue weighted by atomic mass is 9.93. The Morgan fingerprint density at radius 3 is 2.52 bits per heavy atom. The number of furan rings is 1. The lowest BCUT2D eigenvalue weighted by Crippen LogP contribution is -2.39. The van der Waals surface area contributed by atoms with Gasteiger partial charge in [-0.1, -0.05) is 50.2 Å². The molecule has 4 nitrogen and oxygen atoms in total. The summed E-state index contributed by atoms with van der Waals surface area (Å²) in [6.45, 7) is 7.15. The van der Waals surface area contributed by atoms with Gasteiger partial charge >= 0.3 is 0 Å². The largest absolute Gasteiger partial charge is 0.450 e. The summed E-state index contributed by atoms with van der Waals surface area (Å²) in [5, 5.41) is 3.13. The number of hydrogen-bond acceptors (Lipinski definition) is 3. The van der Waals surface area contributed by atoms with Crippen molar-refractivity contribution in [1.82, 2.24) is 4.90 Å². The van der Waals surface area contributed by atoms with E-state index in [2.05, 4.69) is 19.9 Å². The fourth-order valence-corrected chi connectivity index (χ4v) is 3.10. The lowest BCUT2D eigenvalue weighted by Gasteiger charge is -2.28. The quantitative estimate of drug-likeness (QED) is 0.751. The molecule has 3 aromatic rings. The highest BCUT2D eigenvalue weighted by Gasteiger charge is 2.26. The van der Waals surface area contributed by atoms with Crippen molar-refractivity contribution >= 4 is 40.1 Å². The molecule has 0 aliphatic rings. The van der Waals surface area contributed by atoms with E-state index >= 15 is 0 Å². The van der Waals surface area contributed by atoms with Crippen LogP contribution in [-0.4, -0.2) is 30.9 Å². The second-order valence-corrected chi connectivity index (χ2v) is 7.25. The number of benzene rings is 2. The fraction of sp³-hybridized carbons (Fsp3) is 0.350. The van der Waals surface area contributed by atoms with Crippen LogP contribution in [0.15, 0.2) is 40.8 Å². The van der Waals surface area contributed by atoms with E-state index in [9.17, 15) is 4.79 Å². The van der Waals surface area contributed by atoms with Crippen LogP contribution in [0.3, 0.4) is 0 Å². The molecule has 0 bridgehead atoms. The standard InChI is InChI=1S/C20H24N2O2.ClH/c1-13-15-10-9-14-7-5-6-8-16(14)18(15)24-17(13)19(23)22(4)12-20(2,3)11-21;/h5-10H,11-12,21H2,1-4H3;1H. The van der Waals surface area contributed by atoms with Gasteiger partial charge in [0.05, 0.1) is 0 Å². The van der Waals surface area contributed by atoms with Crippen molar-refractivity contribution in [2.75, 3.05) is 20.1 Å². The molecule has 3 rings (SSSR count). The molecule has 0 radical (unpaired) electrons. The maximum absolute atomic E-state index is 12.9. The molecule has 0 spiro atoms. The first-order valence-corrected chi connectivity index (χ1v) is 8.20. The minimum atomic E-state index is -0.128. The Morgan fingerprint density at radius 2 is 1.84 bits per heavy atom. The SMILES string of the molecule is Cc1c(C(=O)N(C)CC(C)(C)CN)oc2c1ccc1ccccc12.Cl. The smallest absolute Gasteiger partial charge is 0.289 e. The van der Waals surface area contributed by atoms with E-state index in [-0.39, 0.29) is 23.7 Å². The van der Waals surface area contributed by atoms with E-state index in [0.29, 0.717) is 18.8 Å². The summed E-state index contributed by atoms with van der Waals surface area (Å²) >= 11 is 0. The van der Waals surface area contributed by atoms with Crippen LogP contribution in [0.25, 0.3) is 21.7 Å². The molecule has 1 heterocycles. The third-order valence-corrected chi connectivity index (χ3v) is 4.59. The van der Waals surface area contributed by atoms with Crippen LogP contribution in [0.2, 0.25) is 0 Å². The highest BCUT2D eigenvalue weighted by Crippen LogP contribution is 2.32. The van der Waals surface area contributed by atoms with E-state index in [1.54, 1.807) is 11.9 Å². The Bertz CT molecular complexity index is 915. The van der Waals surface area contributed by atoms with E-state index in [0.717, 1.165) is 27.3 Å². The van der Waals surface area contributed by atoms with Gasteiger partial charge in [-0.25, -0.2) is 0 Å². The number of nitrogens with two attached hydrogens (primary N) is 1. The number of nitrogens with zero attached hydrogens (tertiary/aromatic N) is 1. The van der Waals surface area contributed by atoms with Gasteiger partial charge in [0.2, 0.25) is 0 Å². The van der Waals surface area contributed by atoms with Gasteiger partial charge < -0.3 is 15.1 Å². The normalized spacial score (nSPS) is 11.6. The molecule has 0 saturated heterocycles. The molecule has 0 aliphatic carbocycles. The molecule has 2 aromatic carbocycles. The molecular formula is C20H25ClN2O2. The molecule has 0 unspecified atom stereocenters. The van der Waals surface area contributed by atoms with E-state index < -0.39 is 0 Å². The molecule has 1 aromatic heterocycles. The number of halogens is 1. The van der Waals surface area contributed by atoms with Crippen molar-refractivity contribution in [3.63, 3.8) is 0 Å². The van der Waals surface area contributed by atoms with Gasteiger partial charge in [0, 0.05) is 29.9 Å². The van der Waals surface area contributed by atoms with Crippen molar-refractivity contribution in [2.24, 2.45) is 11.1 Å². The number of fused-ring (bicyclic) bond motifs is 3. The summed E-state index contributed by atoms with van der Waals surface area (Å²) in [6, 6.07) is 12.1. The average molecular weight is 361 g/mol.